The number of piperidine rings is 1. The van der Waals surface area contributed by atoms with Gasteiger partial charge in [0.2, 0.25) is 0 Å². The Morgan fingerprint density at radius 2 is 2.09 bits per heavy atom. The number of thiazole rings is 1. The zero-order chi connectivity index (χ0) is 15.6. The molecule has 0 bridgehead atoms. The molecule has 1 aromatic heterocycles. The molecule has 0 radical (unpaired) electrons. The van der Waals surface area contributed by atoms with Gasteiger partial charge in [0, 0.05) is 34.6 Å². The Labute approximate surface area is 146 Å². The highest BCUT2D eigenvalue weighted by Gasteiger charge is 2.31. The maximum Gasteiger partial charge on any atom is 0.107 e. The highest BCUT2D eigenvalue weighted by molar-refractivity contribution is 7.09. The van der Waals surface area contributed by atoms with Crippen LogP contribution in [0.15, 0.2) is 29.6 Å². The molecule has 0 aliphatic carbocycles. The fourth-order valence-corrected chi connectivity index (χ4v) is 4.67. The third-order valence-corrected chi connectivity index (χ3v) is 6.15. The standard InChI is InChI=1S/C18H22ClN3S/c19-14-5-3-13(4-6-14)17-12-23-18(21-17)11-20-15-7-9-22-8-1-2-16(22)10-15/h3-6,12,15-16,20H,1-2,7-11H2/t15-,16-/m0/s1. The molecule has 0 saturated carbocycles. The Balaban J connectivity index is 1.34. The molecule has 0 unspecified atom stereocenters. The molecule has 1 aromatic carbocycles. The van der Waals surface area contributed by atoms with Crippen LogP contribution in [0.25, 0.3) is 11.3 Å². The van der Waals surface area contributed by atoms with E-state index in [1.165, 1.54) is 43.8 Å². The molecule has 3 heterocycles. The zero-order valence-corrected chi connectivity index (χ0v) is 14.7. The van der Waals surface area contributed by atoms with Crippen molar-refractivity contribution in [1.82, 2.24) is 15.2 Å². The monoisotopic (exact) mass is 347 g/mol. The van der Waals surface area contributed by atoms with Gasteiger partial charge >= 0.3 is 0 Å². The van der Waals surface area contributed by atoms with E-state index >= 15 is 0 Å². The van der Waals surface area contributed by atoms with E-state index in [1.54, 1.807) is 11.3 Å². The van der Waals surface area contributed by atoms with Gasteiger partial charge in [0.05, 0.1) is 5.69 Å². The molecule has 2 saturated heterocycles. The van der Waals surface area contributed by atoms with Crippen molar-refractivity contribution in [2.24, 2.45) is 0 Å². The second kappa shape index (κ2) is 6.89. The minimum Gasteiger partial charge on any atom is -0.308 e. The maximum atomic E-state index is 5.95. The molecule has 2 aromatic rings. The second-order valence-electron chi connectivity index (χ2n) is 6.57. The van der Waals surface area contributed by atoms with E-state index in [0.29, 0.717) is 6.04 Å². The summed E-state index contributed by atoms with van der Waals surface area (Å²) in [7, 11) is 0. The van der Waals surface area contributed by atoms with Crippen molar-refractivity contribution in [3.8, 4) is 11.3 Å². The number of nitrogens with zero attached hydrogens (tertiary/aromatic N) is 2. The van der Waals surface area contributed by atoms with E-state index in [9.17, 15) is 0 Å². The van der Waals surface area contributed by atoms with E-state index < -0.39 is 0 Å². The van der Waals surface area contributed by atoms with Gasteiger partial charge in [-0.3, -0.25) is 0 Å². The largest absolute Gasteiger partial charge is 0.308 e. The van der Waals surface area contributed by atoms with Gasteiger partial charge in [0.15, 0.2) is 0 Å². The van der Waals surface area contributed by atoms with Crippen LogP contribution in [0.2, 0.25) is 5.02 Å². The molecule has 2 aliphatic rings. The average Bonchev–Trinajstić information content (AvgIpc) is 3.22. The molecular weight excluding hydrogens is 326 g/mol. The van der Waals surface area contributed by atoms with Gasteiger partial charge in [-0.05, 0) is 50.9 Å². The number of halogens is 1. The minimum atomic E-state index is 0.650. The van der Waals surface area contributed by atoms with E-state index in [1.807, 2.05) is 24.3 Å². The first-order valence-corrected chi connectivity index (χ1v) is 9.71. The zero-order valence-electron chi connectivity index (χ0n) is 13.2. The maximum absolute atomic E-state index is 5.95. The Kier molecular flexibility index (Phi) is 4.67. The number of benzene rings is 1. The van der Waals surface area contributed by atoms with Crippen LogP contribution in [-0.2, 0) is 6.54 Å². The summed E-state index contributed by atoms with van der Waals surface area (Å²) < 4.78 is 0. The average molecular weight is 348 g/mol. The van der Waals surface area contributed by atoms with E-state index in [2.05, 4.69) is 15.6 Å². The van der Waals surface area contributed by atoms with Crippen LogP contribution in [-0.4, -0.2) is 35.1 Å². The molecule has 5 heteroatoms. The number of rotatable bonds is 4. The first-order valence-electron chi connectivity index (χ1n) is 8.46. The van der Waals surface area contributed by atoms with Crippen molar-refractivity contribution in [2.45, 2.75) is 44.3 Å². The second-order valence-corrected chi connectivity index (χ2v) is 7.95. The normalized spacial score (nSPS) is 24.7. The molecular formula is C18H22ClN3S. The van der Waals surface area contributed by atoms with Gasteiger partial charge < -0.3 is 10.2 Å². The molecule has 2 aliphatic heterocycles. The number of nitrogens with one attached hydrogen (secondary N) is 1. The molecule has 4 rings (SSSR count). The molecule has 23 heavy (non-hydrogen) atoms. The van der Waals surface area contributed by atoms with Crippen LogP contribution < -0.4 is 5.32 Å². The van der Waals surface area contributed by atoms with Crippen LogP contribution in [0.3, 0.4) is 0 Å². The molecule has 122 valence electrons. The Bertz CT molecular complexity index is 655. The minimum absolute atomic E-state index is 0.650. The lowest BCUT2D eigenvalue weighted by Gasteiger charge is -2.35. The van der Waals surface area contributed by atoms with Crippen molar-refractivity contribution in [3.63, 3.8) is 0 Å². The lowest BCUT2D eigenvalue weighted by atomic mass is 9.98. The van der Waals surface area contributed by atoms with Crippen LogP contribution in [0.4, 0.5) is 0 Å². The van der Waals surface area contributed by atoms with Gasteiger partial charge in [-0.1, -0.05) is 23.7 Å². The first kappa shape index (κ1) is 15.6. The van der Waals surface area contributed by atoms with E-state index in [4.69, 9.17) is 16.6 Å². The fourth-order valence-electron chi connectivity index (χ4n) is 3.79. The van der Waals surface area contributed by atoms with Crippen LogP contribution in [0.5, 0.6) is 0 Å². The predicted molar refractivity (Wildman–Crippen MR) is 97.0 cm³/mol. The van der Waals surface area contributed by atoms with E-state index in [-0.39, 0.29) is 0 Å². The summed E-state index contributed by atoms with van der Waals surface area (Å²) in [5, 5.41) is 7.80. The molecule has 1 N–H and O–H groups in total. The van der Waals surface area contributed by atoms with Gasteiger partial charge in [-0.15, -0.1) is 11.3 Å². The van der Waals surface area contributed by atoms with E-state index in [0.717, 1.165) is 28.9 Å². The van der Waals surface area contributed by atoms with Gasteiger partial charge in [0.25, 0.3) is 0 Å². The summed E-state index contributed by atoms with van der Waals surface area (Å²) in [6.07, 6.45) is 5.34. The number of hydrogen-bond donors (Lipinski definition) is 1. The predicted octanol–water partition coefficient (Wildman–Crippen LogP) is 4.18. The SMILES string of the molecule is Clc1ccc(-c2csc(CN[C@H]3CCN4CCC[C@H]4C3)n2)cc1. The Morgan fingerprint density at radius 1 is 1.22 bits per heavy atom. The molecule has 3 nitrogen and oxygen atoms in total. The first-order chi connectivity index (χ1) is 11.3. The number of fused-ring (bicyclic) bond motifs is 1. The van der Waals surface area contributed by atoms with Gasteiger partial charge in [0.1, 0.15) is 5.01 Å². The fraction of sp³-hybridized carbons (Fsp3) is 0.500. The molecule has 2 atom stereocenters. The lowest BCUT2D eigenvalue weighted by Crippen LogP contribution is -2.45. The summed E-state index contributed by atoms with van der Waals surface area (Å²) in [4.78, 5) is 7.43. The van der Waals surface area contributed by atoms with Crippen molar-refractivity contribution < 1.29 is 0 Å². The highest BCUT2D eigenvalue weighted by atomic mass is 35.5. The third kappa shape index (κ3) is 3.61. The third-order valence-electron chi connectivity index (χ3n) is 5.05. The van der Waals surface area contributed by atoms with Crippen molar-refractivity contribution in [2.75, 3.05) is 13.1 Å². The van der Waals surface area contributed by atoms with Crippen LogP contribution in [0.1, 0.15) is 30.7 Å². The van der Waals surface area contributed by atoms with Gasteiger partial charge in [-0.2, -0.15) is 0 Å². The number of aromatic nitrogens is 1. The van der Waals surface area contributed by atoms with Crippen molar-refractivity contribution in [1.29, 1.82) is 0 Å². The summed E-state index contributed by atoms with van der Waals surface area (Å²) >= 11 is 7.69. The summed E-state index contributed by atoms with van der Waals surface area (Å²) in [6, 6.07) is 9.38. The molecule has 0 amide bonds. The Morgan fingerprint density at radius 3 is 2.96 bits per heavy atom. The topological polar surface area (TPSA) is 28.2 Å². The smallest absolute Gasteiger partial charge is 0.107 e. The summed E-state index contributed by atoms with van der Waals surface area (Å²) in [6.45, 7) is 3.46. The summed E-state index contributed by atoms with van der Waals surface area (Å²) in [5.74, 6) is 0. The Hall–Kier alpha value is -0.940. The van der Waals surface area contributed by atoms with Crippen LogP contribution >= 0.6 is 22.9 Å². The van der Waals surface area contributed by atoms with Crippen molar-refractivity contribution >= 4 is 22.9 Å². The molecule has 0 spiro atoms. The number of hydrogen-bond acceptors (Lipinski definition) is 4. The molecule has 2 fully saturated rings. The quantitative estimate of drug-likeness (QED) is 0.899. The summed E-state index contributed by atoms with van der Waals surface area (Å²) in [5.41, 5.74) is 2.19. The van der Waals surface area contributed by atoms with Gasteiger partial charge in [-0.25, -0.2) is 4.98 Å². The van der Waals surface area contributed by atoms with Crippen molar-refractivity contribution in [3.05, 3.63) is 39.7 Å². The lowest BCUT2D eigenvalue weighted by molar-refractivity contribution is 0.166. The highest BCUT2D eigenvalue weighted by Crippen LogP contribution is 2.27. The van der Waals surface area contributed by atoms with Crippen LogP contribution in [0, 0.1) is 0 Å².